The minimum absolute atomic E-state index is 0.311. The van der Waals surface area contributed by atoms with Crippen LogP contribution in [-0.4, -0.2) is 93.1 Å². The number of aliphatic hydroxyl groups is 3. The zero-order valence-corrected chi connectivity index (χ0v) is 17.9. The summed E-state index contributed by atoms with van der Waals surface area (Å²) < 4.78 is 0. The van der Waals surface area contributed by atoms with Crippen LogP contribution < -0.4 is 27.4 Å². The van der Waals surface area contributed by atoms with Gasteiger partial charge in [0.2, 0.25) is 17.7 Å². The topological polar surface area (TPSA) is 237 Å². The standard InChI is InChI=1S/C18H35N5O8/c1-8(24)12(21-15(27)11(20)6-4-5-7-19)16(28)22-13(9(2)25)17(29)23-14(10(3)26)18(30)31/h8-14,24-26H,4-7,19-20H2,1-3H3,(H,21,27)(H,22,28)(H,23,29)(H,30,31)/t8-,9-,10-,11+,12+,13+,14+/m1/s1. The summed E-state index contributed by atoms with van der Waals surface area (Å²) in [7, 11) is 0. The molecule has 3 amide bonds. The lowest BCUT2D eigenvalue weighted by atomic mass is 10.1. The second-order valence-corrected chi connectivity index (χ2v) is 7.41. The Bertz CT molecular complexity index is 614. The van der Waals surface area contributed by atoms with Crippen molar-refractivity contribution in [3.63, 3.8) is 0 Å². The molecule has 31 heavy (non-hydrogen) atoms. The number of carbonyl (C=O) groups excluding carboxylic acids is 3. The predicted molar refractivity (Wildman–Crippen MR) is 109 cm³/mol. The summed E-state index contributed by atoms with van der Waals surface area (Å²) >= 11 is 0. The van der Waals surface area contributed by atoms with Crippen LogP contribution in [0.1, 0.15) is 40.0 Å². The van der Waals surface area contributed by atoms with Crippen molar-refractivity contribution in [3.05, 3.63) is 0 Å². The molecule has 0 fully saturated rings. The summed E-state index contributed by atoms with van der Waals surface area (Å²) in [5.41, 5.74) is 11.1. The Morgan fingerprint density at radius 3 is 1.48 bits per heavy atom. The SMILES string of the molecule is C[C@@H](O)[C@H](NC(=O)[C@@H](NC(=O)[C@@H](NC(=O)[C@@H](N)CCCCN)[C@@H](C)O)[C@@H](C)O)C(=O)O. The van der Waals surface area contributed by atoms with Crippen LogP contribution in [0.15, 0.2) is 0 Å². The van der Waals surface area contributed by atoms with Gasteiger partial charge in [0.05, 0.1) is 24.4 Å². The summed E-state index contributed by atoms with van der Waals surface area (Å²) in [6.45, 7) is 3.99. The molecule has 0 aromatic carbocycles. The largest absolute Gasteiger partial charge is 0.480 e. The third kappa shape index (κ3) is 10.0. The molecule has 0 bridgehead atoms. The van der Waals surface area contributed by atoms with Gasteiger partial charge in [-0.25, -0.2) is 4.79 Å². The van der Waals surface area contributed by atoms with E-state index in [2.05, 4.69) is 10.6 Å². The first-order valence-corrected chi connectivity index (χ1v) is 9.97. The predicted octanol–water partition coefficient (Wildman–Crippen LogP) is -3.88. The van der Waals surface area contributed by atoms with Crippen molar-refractivity contribution in [3.8, 4) is 0 Å². The molecule has 0 saturated heterocycles. The van der Waals surface area contributed by atoms with Crippen molar-refractivity contribution in [2.45, 2.75) is 82.5 Å². The molecular formula is C18H35N5O8. The van der Waals surface area contributed by atoms with Crippen LogP contribution in [0.4, 0.5) is 0 Å². The molecule has 13 nitrogen and oxygen atoms in total. The molecule has 0 aliphatic heterocycles. The third-order valence-corrected chi connectivity index (χ3v) is 4.48. The molecule has 0 aromatic heterocycles. The number of carbonyl (C=O) groups is 4. The van der Waals surface area contributed by atoms with Crippen LogP contribution >= 0.6 is 0 Å². The minimum atomic E-state index is -1.68. The molecule has 0 heterocycles. The number of aliphatic carboxylic acids is 1. The Labute approximate surface area is 180 Å². The highest BCUT2D eigenvalue weighted by Gasteiger charge is 2.35. The molecule has 0 unspecified atom stereocenters. The van der Waals surface area contributed by atoms with Crippen molar-refractivity contribution < 1.29 is 39.6 Å². The number of carboxylic acid groups (broad SMARTS) is 1. The van der Waals surface area contributed by atoms with Crippen molar-refractivity contribution in [1.82, 2.24) is 16.0 Å². The van der Waals surface area contributed by atoms with Gasteiger partial charge in [0.25, 0.3) is 0 Å². The molecule has 0 rings (SSSR count). The van der Waals surface area contributed by atoms with Gasteiger partial charge in [-0.3, -0.25) is 14.4 Å². The Balaban J connectivity index is 5.25. The fourth-order valence-electron chi connectivity index (χ4n) is 2.59. The van der Waals surface area contributed by atoms with Gasteiger partial charge < -0.3 is 47.8 Å². The second-order valence-electron chi connectivity index (χ2n) is 7.41. The van der Waals surface area contributed by atoms with Gasteiger partial charge >= 0.3 is 5.97 Å². The van der Waals surface area contributed by atoms with Crippen LogP contribution in [-0.2, 0) is 19.2 Å². The smallest absolute Gasteiger partial charge is 0.328 e. The number of nitrogens with one attached hydrogen (secondary N) is 3. The van der Waals surface area contributed by atoms with Gasteiger partial charge in [-0.05, 0) is 40.2 Å². The zero-order valence-electron chi connectivity index (χ0n) is 17.9. The highest BCUT2D eigenvalue weighted by molar-refractivity contribution is 5.94. The van der Waals surface area contributed by atoms with Crippen LogP contribution in [0.2, 0.25) is 0 Å². The molecule has 13 heteroatoms. The number of amides is 3. The zero-order chi connectivity index (χ0) is 24.3. The Kier molecular flexibility index (Phi) is 12.8. The minimum Gasteiger partial charge on any atom is -0.480 e. The van der Waals surface area contributed by atoms with Crippen molar-refractivity contribution in [2.75, 3.05) is 6.54 Å². The van der Waals surface area contributed by atoms with E-state index < -0.39 is 66.2 Å². The number of rotatable bonds is 14. The van der Waals surface area contributed by atoms with Crippen LogP contribution in [0.5, 0.6) is 0 Å². The molecule has 0 spiro atoms. The maximum absolute atomic E-state index is 12.6. The summed E-state index contributed by atoms with van der Waals surface area (Å²) in [4.78, 5) is 48.3. The lowest BCUT2D eigenvalue weighted by Crippen LogP contribution is -2.62. The number of aliphatic hydroxyl groups excluding tert-OH is 3. The number of carboxylic acids is 1. The molecule has 0 aromatic rings. The van der Waals surface area contributed by atoms with Gasteiger partial charge in [0, 0.05) is 0 Å². The third-order valence-electron chi connectivity index (χ3n) is 4.48. The summed E-state index contributed by atoms with van der Waals surface area (Å²) in [6, 6.07) is -5.73. The molecule has 180 valence electrons. The maximum Gasteiger partial charge on any atom is 0.328 e. The normalized spacial score (nSPS) is 17.9. The Morgan fingerprint density at radius 2 is 1.13 bits per heavy atom. The average Bonchev–Trinajstić information content (AvgIpc) is 2.66. The monoisotopic (exact) mass is 449 g/mol. The van der Waals surface area contributed by atoms with Crippen molar-refractivity contribution >= 4 is 23.7 Å². The first kappa shape index (κ1) is 28.7. The van der Waals surface area contributed by atoms with E-state index >= 15 is 0 Å². The fraction of sp³-hybridized carbons (Fsp3) is 0.778. The molecule has 0 radical (unpaired) electrons. The second kappa shape index (κ2) is 13.9. The van der Waals surface area contributed by atoms with Crippen molar-refractivity contribution in [1.29, 1.82) is 0 Å². The quantitative estimate of drug-likeness (QED) is 0.117. The summed E-state index contributed by atoms with van der Waals surface area (Å²) in [6.07, 6.45) is -2.72. The number of hydrogen-bond acceptors (Lipinski definition) is 9. The Morgan fingerprint density at radius 1 is 0.742 bits per heavy atom. The fourth-order valence-corrected chi connectivity index (χ4v) is 2.59. The molecule has 7 atom stereocenters. The van der Waals surface area contributed by atoms with Crippen LogP contribution in [0.25, 0.3) is 0 Å². The van der Waals surface area contributed by atoms with E-state index in [4.69, 9.17) is 16.6 Å². The maximum atomic E-state index is 12.6. The number of nitrogens with two attached hydrogens (primary N) is 2. The lowest BCUT2D eigenvalue weighted by molar-refractivity contribution is -0.146. The number of unbranched alkanes of at least 4 members (excludes halogenated alkanes) is 1. The van der Waals surface area contributed by atoms with E-state index in [1.54, 1.807) is 0 Å². The van der Waals surface area contributed by atoms with Gasteiger partial charge in [-0.2, -0.15) is 0 Å². The van der Waals surface area contributed by atoms with E-state index in [-0.39, 0.29) is 0 Å². The van der Waals surface area contributed by atoms with Crippen LogP contribution in [0, 0.1) is 0 Å². The van der Waals surface area contributed by atoms with Crippen LogP contribution in [0.3, 0.4) is 0 Å². The summed E-state index contributed by atoms with van der Waals surface area (Å²) in [5, 5.41) is 44.8. The molecule has 0 saturated carbocycles. The van der Waals surface area contributed by atoms with E-state index in [9.17, 15) is 34.5 Å². The van der Waals surface area contributed by atoms with Gasteiger partial charge in [0.1, 0.15) is 12.1 Å². The molecule has 0 aliphatic carbocycles. The van der Waals surface area contributed by atoms with Gasteiger partial charge in [-0.15, -0.1) is 0 Å². The highest BCUT2D eigenvalue weighted by Crippen LogP contribution is 2.03. The van der Waals surface area contributed by atoms with E-state index in [1.165, 1.54) is 13.8 Å². The first-order valence-electron chi connectivity index (χ1n) is 9.97. The van der Waals surface area contributed by atoms with Gasteiger partial charge in [0.15, 0.2) is 6.04 Å². The van der Waals surface area contributed by atoms with E-state index in [0.717, 1.165) is 6.92 Å². The first-order chi connectivity index (χ1) is 14.3. The average molecular weight is 450 g/mol. The number of hydrogen-bond donors (Lipinski definition) is 9. The Hall–Kier alpha value is -2.32. The molecule has 11 N–H and O–H groups in total. The van der Waals surface area contributed by atoms with E-state index in [1.807, 2.05) is 5.32 Å². The summed E-state index contributed by atoms with van der Waals surface area (Å²) in [5.74, 6) is -4.29. The van der Waals surface area contributed by atoms with E-state index in [0.29, 0.717) is 25.8 Å². The molecule has 0 aliphatic rings. The highest BCUT2D eigenvalue weighted by atomic mass is 16.4. The van der Waals surface area contributed by atoms with Gasteiger partial charge in [-0.1, -0.05) is 6.42 Å². The van der Waals surface area contributed by atoms with Crippen molar-refractivity contribution in [2.24, 2.45) is 11.5 Å². The lowest BCUT2D eigenvalue weighted by Gasteiger charge is -2.28. The molecular weight excluding hydrogens is 414 g/mol.